The lowest BCUT2D eigenvalue weighted by atomic mass is 9.93. The molecule has 130 valence electrons. The molecule has 0 aliphatic heterocycles. The second-order valence-electron chi connectivity index (χ2n) is 6.40. The van der Waals surface area contributed by atoms with Crippen LogP contribution >= 0.6 is 0 Å². The fourth-order valence-electron chi connectivity index (χ4n) is 3.31. The fourth-order valence-corrected chi connectivity index (χ4v) is 3.31. The SMILES string of the molecule is Cc1ccnc(Oc2nn([C@@H]3CCCC[C@H]3O)c3ncnc(N)c23)c1. The lowest BCUT2D eigenvalue weighted by Gasteiger charge is -2.27. The fraction of sp³-hybridized carbons (Fsp3) is 0.412. The van der Waals surface area contributed by atoms with Gasteiger partial charge in [-0.05, 0) is 31.4 Å². The summed E-state index contributed by atoms with van der Waals surface area (Å²) in [5, 5.41) is 15.5. The maximum absolute atomic E-state index is 10.4. The normalized spacial score (nSPS) is 20.7. The van der Waals surface area contributed by atoms with Crippen molar-refractivity contribution >= 4 is 16.9 Å². The van der Waals surface area contributed by atoms with E-state index in [1.807, 2.05) is 19.1 Å². The molecule has 2 atom stereocenters. The topological polar surface area (TPSA) is 112 Å². The first-order valence-corrected chi connectivity index (χ1v) is 8.41. The average Bonchev–Trinajstić information content (AvgIpc) is 2.95. The Kier molecular flexibility index (Phi) is 3.96. The van der Waals surface area contributed by atoms with Gasteiger partial charge in [0.15, 0.2) is 5.65 Å². The van der Waals surface area contributed by atoms with Crippen LogP contribution in [0.25, 0.3) is 11.0 Å². The molecule has 3 aromatic rings. The first-order chi connectivity index (χ1) is 12.1. The summed E-state index contributed by atoms with van der Waals surface area (Å²) in [7, 11) is 0. The zero-order valence-corrected chi connectivity index (χ0v) is 14.0. The smallest absolute Gasteiger partial charge is 0.253 e. The summed E-state index contributed by atoms with van der Waals surface area (Å²) in [6.45, 7) is 1.96. The Morgan fingerprint density at radius 3 is 2.88 bits per heavy atom. The number of nitrogens with two attached hydrogens (primary N) is 1. The standard InChI is InChI=1S/C17H20N6O2/c1-10-6-7-19-13(8-10)25-17-14-15(18)20-9-21-16(14)23(22-17)11-4-2-3-5-12(11)24/h6-9,11-12,24H,2-5H2,1H3,(H2,18,20,21)/t11-,12-/m1/s1. The van der Waals surface area contributed by atoms with E-state index in [-0.39, 0.29) is 6.04 Å². The van der Waals surface area contributed by atoms with Crippen molar-refractivity contribution in [1.29, 1.82) is 0 Å². The Labute approximate surface area is 144 Å². The first kappa shape index (κ1) is 15.8. The highest BCUT2D eigenvalue weighted by Gasteiger charge is 2.29. The van der Waals surface area contributed by atoms with Gasteiger partial charge in [-0.25, -0.2) is 19.6 Å². The molecule has 25 heavy (non-hydrogen) atoms. The third kappa shape index (κ3) is 2.89. The van der Waals surface area contributed by atoms with Gasteiger partial charge in [0.1, 0.15) is 17.5 Å². The van der Waals surface area contributed by atoms with Crippen molar-refractivity contribution in [3.05, 3.63) is 30.2 Å². The van der Waals surface area contributed by atoms with Crippen molar-refractivity contribution < 1.29 is 9.84 Å². The van der Waals surface area contributed by atoms with E-state index in [0.717, 1.165) is 31.2 Å². The molecule has 3 heterocycles. The van der Waals surface area contributed by atoms with Crippen LogP contribution in [0.2, 0.25) is 0 Å². The molecule has 4 rings (SSSR count). The number of rotatable bonds is 3. The molecule has 0 spiro atoms. The maximum Gasteiger partial charge on any atom is 0.253 e. The number of aliphatic hydroxyl groups excluding tert-OH is 1. The Balaban J connectivity index is 1.81. The number of aryl methyl sites for hydroxylation is 1. The van der Waals surface area contributed by atoms with Gasteiger partial charge in [-0.2, -0.15) is 0 Å². The monoisotopic (exact) mass is 340 g/mol. The molecule has 8 nitrogen and oxygen atoms in total. The summed E-state index contributed by atoms with van der Waals surface area (Å²) in [4.78, 5) is 12.6. The number of anilines is 1. The molecule has 3 aromatic heterocycles. The number of aromatic nitrogens is 5. The van der Waals surface area contributed by atoms with E-state index >= 15 is 0 Å². The Bertz CT molecular complexity index is 909. The molecule has 1 fully saturated rings. The maximum atomic E-state index is 10.4. The molecule has 1 saturated carbocycles. The van der Waals surface area contributed by atoms with Gasteiger partial charge in [-0.1, -0.05) is 12.8 Å². The van der Waals surface area contributed by atoms with Crippen LogP contribution in [0.4, 0.5) is 5.82 Å². The predicted octanol–water partition coefficient (Wildman–Crippen LogP) is 2.38. The third-order valence-electron chi connectivity index (χ3n) is 4.59. The zero-order chi connectivity index (χ0) is 17.4. The third-order valence-corrected chi connectivity index (χ3v) is 4.59. The summed E-state index contributed by atoms with van der Waals surface area (Å²) in [5.74, 6) is 1.03. The van der Waals surface area contributed by atoms with Crippen molar-refractivity contribution in [1.82, 2.24) is 24.7 Å². The van der Waals surface area contributed by atoms with Gasteiger partial charge in [-0.3, -0.25) is 0 Å². The number of aliphatic hydroxyl groups is 1. The van der Waals surface area contributed by atoms with Crippen LogP contribution < -0.4 is 10.5 Å². The van der Waals surface area contributed by atoms with E-state index in [4.69, 9.17) is 10.5 Å². The van der Waals surface area contributed by atoms with Crippen molar-refractivity contribution in [2.75, 3.05) is 5.73 Å². The lowest BCUT2D eigenvalue weighted by molar-refractivity contribution is 0.0708. The van der Waals surface area contributed by atoms with Gasteiger partial charge in [0, 0.05) is 12.3 Å². The van der Waals surface area contributed by atoms with Crippen LogP contribution in [0.3, 0.4) is 0 Å². The van der Waals surface area contributed by atoms with E-state index in [1.165, 1.54) is 6.33 Å². The minimum Gasteiger partial charge on any atom is -0.418 e. The van der Waals surface area contributed by atoms with Crippen LogP contribution in [-0.4, -0.2) is 35.9 Å². The molecule has 0 bridgehead atoms. The highest BCUT2D eigenvalue weighted by molar-refractivity contribution is 5.90. The molecule has 0 amide bonds. The van der Waals surface area contributed by atoms with Gasteiger partial charge in [-0.15, -0.1) is 5.10 Å². The molecule has 0 aromatic carbocycles. The minimum atomic E-state index is -0.460. The number of nitrogen functional groups attached to an aromatic ring is 1. The van der Waals surface area contributed by atoms with E-state index < -0.39 is 6.10 Å². The number of nitrogens with zero attached hydrogens (tertiary/aromatic N) is 5. The van der Waals surface area contributed by atoms with Gasteiger partial charge >= 0.3 is 0 Å². The molecule has 0 unspecified atom stereocenters. The summed E-state index contributed by atoms with van der Waals surface area (Å²) < 4.78 is 7.60. The summed E-state index contributed by atoms with van der Waals surface area (Å²) >= 11 is 0. The molecular formula is C17H20N6O2. The number of hydrogen-bond donors (Lipinski definition) is 2. The second-order valence-corrected chi connectivity index (χ2v) is 6.40. The van der Waals surface area contributed by atoms with Crippen molar-refractivity contribution in [2.45, 2.75) is 44.8 Å². The first-order valence-electron chi connectivity index (χ1n) is 8.41. The molecule has 3 N–H and O–H groups in total. The molecule has 0 saturated heterocycles. The van der Waals surface area contributed by atoms with Crippen LogP contribution in [0, 0.1) is 6.92 Å². The van der Waals surface area contributed by atoms with E-state index in [0.29, 0.717) is 28.6 Å². The highest BCUT2D eigenvalue weighted by atomic mass is 16.5. The molecule has 0 radical (unpaired) electrons. The summed E-state index contributed by atoms with van der Waals surface area (Å²) in [6.07, 6.45) is 6.27. The van der Waals surface area contributed by atoms with E-state index in [2.05, 4.69) is 20.1 Å². The van der Waals surface area contributed by atoms with Crippen molar-refractivity contribution in [3.63, 3.8) is 0 Å². The number of pyridine rings is 1. The van der Waals surface area contributed by atoms with Gasteiger partial charge in [0.2, 0.25) is 5.88 Å². The zero-order valence-electron chi connectivity index (χ0n) is 14.0. The van der Waals surface area contributed by atoms with Crippen LogP contribution in [0.1, 0.15) is 37.3 Å². The largest absolute Gasteiger partial charge is 0.418 e. The molecule has 1 aliphatic carbocycles. The number of ether oxygens (including phenoxy) is 1. The Morgan fingerprint density at radius 1 is 1.24 bits per heavy atom. The van der Waals surface area contributed by atoms with Crippen LogP contribution in [-0.2, 0) is 0 Å². The van der Waals surface area contributed by atoms with Gasteiger partial charge in [0.25, 0.3) is 5.88 Å². The lowest BCUT2D eigenvalue weighted by Crippen LogP contribution is -2.28. The van der Waals surface area contributed by atoms with Crippen LogP contribution in [0.15, 0.2) is 24.7 Å². The molecular weight excluding hydrogens is 320 g/mol. The summed E-state index contributed by atoms with van der Waals surface area (Å²) in [5.41, 5.74) is 7.65. The Morgan fingerprint density at radius 2 is 2.08 bits per heavy atom. The van der Waals surface area contributed by atoms with E-state index in [1.54, 1.807) is 10.9 Å². The quantitative estimate of drug-likeness (QED) is 0.752. The van der Waals surface area contributed by atoms with Gasteiger partial charge in [0.05, 0.1) is 12.1 Å². The van der Waals surface area contributed by atoms with Crippen molar-refractivity contribution in [3.8, 4) is 11.8 Å². The highest BCUT2D eigenvalue weighted by Crippen LogP contribution is 2.36. The number of hydrogen-bond acceptors (Lipinski definition) is 7. The summed E-state index contributed by atoms with van der Waals surface area (Å²) in [6, 6.07) is 3.56. The molecule has 1 aliphatic rings. The average molecular weight is 340 g/mol. The molecule has 8 heteroatoms. The second kappa shape index (κ2) is 6.29. The van der Waals surface area contributed by atoms with E-state index in [9.17, 15) is 5.11 Å². The minimum absolute atomic E-state index is 0.145. The Hall–Kier alpha value is -2.74. The predicted molar refractivity (Wildman–Crippen MR) is 92.3 cm³/mol. The van der Waals surface area contributed by atoms with Gasteiger partial charge < -0.3 is 15.6 Å². The number of fused-ring (bicyclic) bond motifs is 1. The van der Waals surface area contributed by atoms with Crippen molar-refractivity contribution in [2.24, 2.45) is 0 Å². The van der Waals surface area contributed by atoms with Crippen LogP contribution in [0.5, 0.6) is 11.8 Å².